The molecule has 2 aromatic heterocycles. The van der Waals surface area contributed by atoms with Gasteiger partial charge in [-0.1, -0.05) is 0 Å². The molecule has 0 unspecified atom stereocenters. The van der Waals surface area contributed by atoms with Gasteiger partial charge in [0.1, 0.15) is 23.3 Å². The average Bonchev–Trinajstić information content (AvgIpc) is 3.41. The van der Waals surface area contributed by atoms with Gasteiger partial charge in [-0.2, -0.15) is 23.3 Å². The number of nitrogens with one attached hydrogen (secondary N) is 3. The van der Waals surface area contributed by atoms with E-state index < -0.39 is 29.3 Å². The maximum Gasteiger partial charge on any atom is 0.416 e. The van der Waals surface area contributed by atoms with E-state index in [1.54, 1.807) is 40.0 Å². The molecule has 0 aliphatic heterocycles. The highest BCUT2D eigenvalue weighted by Crippen LogP contribution is 2.39. The minimum Gasteiger partial charge on any atom is -0.494 e. The van der Waals surface area contributed by atoms with Crippen LogP contribution in [0.4, 0.5) is 35.2 Å². The van der Waals surface area contributed by atoms with Gasteiger partial charge < -0.3 is 24.8 Å². The molecule has 0 fully saturated rings. The van der Waals surface area contributed by atoms with E-state index in [4.69, 9.17) is 25.8 Å². The van der Waals surface area contributed by atoms with Gasteiger partial charge in [-0.15, -0.1) is 0 Å². The molecule has 17 heteroatoms. The fraction of sp³-hybridized carbons (Fsp3) is 0.333. The van der Waals surface area contributed by atoms with E-state index in [9.17, 15) is 22.8 Å². The molecule has 4 rings (SSSR count). The lowest BCUT2D eigenvalue weighted by molar-refractivity contribution is -0.137. The number of hydrogen-bond donors (Lipinski definition) is 3. The molecule has 0 radical (unpaired) electrons. The summed E-state index contributed by atoms with van der Waals surface area (Å²) in [5.41, 5.74) is -0.371. The maximum atomic E-state index is 13.7. The van der Waals surface area contributed by atoms with Crippen molar-refractivity contribution in [1.29, 1.82) is 0 Å². The number of aromatic nitrogens is 5. The average molecular weight is 677 g/mol. The number of benzene rings is 2. The second-order valence-electron chi connectivity index (χ2n) is 11.1. The van der Waals surface area contributed by atoms with Gasteiger partial charge in [0, 0.05) is 26.0 Å². The van der Waals surface area contributed by atoms with Crippen LogP contribution in [-0.4, -0.2) is 56.5 Å². The van der Waals surface area contributed by atoms with Crippen molar-refractivity contribution in [3.63, 3.8) is 0 Å². The Morgan fingerprint density at radius 3 is 2.32 bits per heavy atom. The fourth-order valence-electron chi connectivity index (χ4n) is 4.32. The molecular weight excluding hydrogens is 645 g/mol. The number of amides is 2. The van der Waals surface area contributed by atoms with E-state index in [2.05, 4.69) is 36.0 Å². The lowest BCUT2D eigenvalue weighted by Crippen LogP contribution is -2.27. The zero-order valence-corrected chi connectivity index (χ0v) is 27.0. The third kappa shape index (κ3) is 9.29. The van der Waals surface area contributed by atoms with Crippen LogP contribution in [0, 0.1) is 0 Å². The van der Waals surface area contributed by atoms with Crippen LogP contribution in [-0.2, 0) is 35.9 Å². The third-order valence-electron chi connectivity index (χ3n) is 6.18. The van der Waals surface area contributed by atoms with Crippen LogP contribution in [0.1, 0.15) is 47.8 Å². The standard InChI is InChI=1S/C30H32ClF3N8O5/c1-29(2,3)47-28(44)38-19-8-16(7-18(11-19)30(32,33)34)13-46-14-17-9-20(24-37-15-42(5)41-24)23(45-6)22(10-17)39-25-21(26(43)35-4)12-36-27(31)40-25/h7-12,15H,13-14H2,1-6H3,(H,35,43)(H,38,44)(H,36,39,40). The van der Waals surface area contributed by atoms with Crippen LogP contribution in [0.2, 0.25) is 5.28 Å². The van der Waals surface area contributed by atoms with Crippen molar-refractivity contribution >= 4 is 40.8 Å². The molecule has 2 amide bonds. The second kappa shape index (κ2) is 14.2. The van der Waals surface area contributed by atoms with Gasteiger partial charge in [0.05, 0.1) is 37.1 Å². The van der Waals surface area contributed by atoms with Crippen molar-refractivity contribution < 1.29 is 37.0 Å². The van der Waals surface area contributed by atoms with Crippen molar-refractivity contribution in [3.8, 4) is 17.1 Å². The van der Waals surface area contributed by atoms with Crippen LogP contribution < -0.4 is 20.7 Å². The van der Waals surface area contributed by atoms with Gasteiger partial charge in [0.2, 0.25) is 5.28 Å². The Hall–Kier alpha value is -4.96. The molecule has 250 valence electrons. The van der Waals surface area contributed by atoms with Crippen LogP contribution in [0.5, 0.6) is 5.75 Å². The number of carbonyl (C=O) groups excluding carboxylic acids is 2. The monoisotopic (exact) mass is 676 g/mol. The first-order valence-electron chi connectivity index (χ1n) is 13.9. The Kier molecular flexibility index (Phi) is 10.6. The fourth-order valence-corrected chi connectivity index (χ4v) is 4.45. The summed E-state index contributed by atoms with van der Waals surface area (Å²) >= 11 is 6.03. The topological polar surface area (TPSA) is 154 Å². The normalized spacial score (nSPS) is 11.6. The summed E-state index contributed by atoms with van der Waals surface area (Å²) in [6.45, 7) is 4.57. The number of ether oxygens (including phenoxy) is 3. The van der Waals surface area contributed by atoms with Gasteiger partial charge in [-0.3, -0.25) is 14.8 Å². The van der Waals surface area contributed by atoms with E-state index >= 15 is 0 Å². The molecule has 0 spiro atoms. The molecule has 13 nitrogen and oxygen atoms in total. The lowest BCUT2D eigenvalue weighted by Gasteiger charge is -2.20. The van der Waals surface area contributed by atoms with Crippen LogP contribution in [0.15, 0.2) is 42.9 Å². The first-order chi connectivity index (χ1) is 22.1. The molecule has 2 heterocycles. The predicted octanol–water partition coefficient (Wildman–Crippen LogP) is 6.12. The van der Waals surface area contributed by atoms with E-state index in [0.717, 1.165) is 12.1 Å². The molecule has 0 aliphatic carbocycles. The Balaban J connectivity index is 1.66. The van der Waals surface area contributed by atoms with Crippen LogP contribution in [0.25, 0.3) is 11.4 Å². The van der Waals surface area contributed by atoms with Crippen molar-refractivity contribution in [1.82, 2.24) is 30.0 Å². The Morgan fingerprint density at radius 1 is 1.02 bits per heavy atom. The highest BCUT2D eigenvalue weighted by atomic mass is 35.5. The number of aryl methyl sites for hydroxylation is 1. The van der Waals surface area contributed by atoms with Gasteiger partial charge in [0.15, 0.2) is 11.6 Å². The maximum absolute atomic E-state index is 13.7. The lowest BCUT2D eigenvalue weighted by atomic mass is 10.1. The quantitative estimate of drug-likeness (QED) is 0.167. The minimum atomic E-state index is -4.68. The summed E-state index contributed by atoms with van der Waals surface area (Å²) in [5.74, 6) is 0.205. The minimum absolute atomic E-state index is 0.0784. The second-order valence-corrected chi connectivity index (χ2v) is 11.4. The Morgan fingerprint density at radius 2 is 1.72 bits per heavy atom. The van der Waals surface area contributed by atoms with E-state index in [1.165, 1.54) is 37.4 Å². The summed E-state index contributed by atoms with van der Waals surface area (Å²) in [7, 11) is 4.58. The third-order valence-corrected chi connectivity index (χ3v) is 6.36. The SMILES string of the molecule is CNC(=O)c1cnc(Cl)nc1Nc1cc(COCc2cc(NC(=O)OC(C)(C)C)cc(C(F)(F)F)c2)cc(-c2ncn(C)n2)c1OC. The summed E-state index contributed by atoms with van der Waals surface area (Å²) in [4.78, 5) is 37.1. The van der Waals surface area contributed by atoms with E-state index in [0.29, 0.717) is 28.4 Å². The van der Waals surface area contributed by atoms with Gasteiger partial charge in [-0.05, 0) is 73.8 Å². The molecule has 4 aromatic rings. The molecule has 0 saturated heterocycles. The summed E-state index contributed by atoms with van der Waals surface area (Å²) in [6.07, 6.45) is -2.82. The van der Waals surface area contributed by atoms with E-state index in [-0.39, 0.29) is 41.1 Å². The molecule has 0 aliphatic rings. The van der Waals surface area contributed by atoms with E-state index in [1.807, 2.05) is 0 Å². The number of carbonyl (C=O) groups is 2. The number of methoxy groups -OCH3 is 1. The van der Waals surface area contributed by atoms with Crippen molar-refractivity contribution in [3.05, 3.63) is 70.4 Å². The van der Waals surface area contributed by atoms with Crippen molar-refractivity contribution in [2.45, 2.75) is 45.8 Å². The molecule has 47 heavy (non-hydrogen) atoms. The number of nitrogens with zero attached hydrogens (tertiary/aromatic N) is 5. The Bertz CT molecular complexity index is 1780. The molecule has 0 saturated carbocycles. The van der Waals surface area contributed by atoms with Gasteiger partial charge in [0.25, 0.3) is 5.91 Å². The largest absolute Gasteiger partial charge is 0.494 e. The van der Waals surface area contributed by atoms with Crippen molar-refractivity contribution in [2.75, 3.05) is 24.8 Å². The van der Waals surface area contributed by atoms with Gasteiger partial charge in [-0.25, -0.2) is 14.8 Å². The molecule has 3 N–H and O–H groups in total. The first-order valence-corrected chi connectivity index (χ1v) is 14.3. The zero-order valence-electron chi connectivity index (χ0n) is 26.2. The predicted molar refractivity (Wildman–Crippen MR) is 166 cm³/mol. The number of halogens is 4. The highest BCUT2D eigenvalue weighted by molar-refractivity contribution is 6.28. The van der Waals surface area contributed by atoms with Crippen molar-refractivity contribution in [2.24, 2.45) is 7.05 Å². The smallest absolute Gasteiger partial charge is 0.416 e. The molecule has 2 aromatic carbocycles. The number of rotatable bonds is 10. The molecular formula is C30H32ClF3N8O5. The summed E-state index contributed by atoms with van der Waals surface area (Å²) in [5, 5.41) is 12.2. The summed E-state index contributed by atoms with van der Waals surface area (Å²) in [6, 6.07) is 6.46. The number of alkyl halides is 3. The van der Waals surface area contributed by atoms with Gasteiger partial charge >= 0.3 is 12.3 Å². The number of anilines is 3. The summed E-state index contributed by atoms with van der Waals surface area (Å²) < 4.78 is 59.4. The van der Waals surface area contributed by atoms with Crippen LogP contribution in [0.3, 0.4) is 0 Å². The molecule has 0 bridgehead atoms. The number of hydrogen-bond acceptors (Lipinski definition) is 10. The first kappa shape index (κ1) is 34.9. The zero-order chi connectivity index (χ0) is 34.5. The highest BCUT2D eigenvalue weighted by Gasteiger charge is 2.31. The Labute approximate surface area is 272 Å². The molecule has 0 atom stereocenters. The van der Waals surface area contributed by atoms with Crippen LogP contribution >= 0.6 is 11.6 Å².